The summed E-state index contributed by atoms with van der Waals surface area (Å²) >= 11 is 0. The van der Waals surface area contributed by atoms with E-state index in [9.17, 15) is 34.5 Å². The van der Waals surface area contributed by atoms with Gasteiger partial charge in [-0.05, 0) is 25.0 Å². The van der Waals surface area contributed by atoms with Gasteiger partial charge in [0.25, 0.3) is 11.8 Å². The molecule has 0 radical (unpaired) electrons. The Morgan fingerprint density at radius 3 is 2.52 bits per heavy atom. The predicted octanol–water partition coefficient (Wildman–Crippen LogP) is -1.17. The molecule has 1 fully saturated rings. The second kappa shape index (κ2) is 12.4. The van der Waals surface area contributed by atoms with E-state index in [0.29, 0.717) is 0 Å². The number of nitrogens with one attached hydrogen (secondary N) is 5. The van der Waals surface area contributed by atoms with Gasteiger partial charge in [0.15, 0.2) is 23.1 Å². The first kappa shape index (κ1) is 29.6. The van der Waals surface area contributed by atoms with Crippen LogP contribution in [0.1, 0.15) is 29.2 Å². The molecule has 4 rings (SSSR count). The maximum Gasteiger partial charge on any atom is 0.405 e. The standard InChI is InChI=1S/C23H25N9O10/c1-41-18-11(21-28-15(32-42-21)8-24-16(33)9-25-22(36)37)3-2-4-12(18)26-13-7-14(27-19(34)10-5-6-10)30-31-17(13)20(35)29-23(38,39)40/h2-4,7,10,25,38-40H,5-6,8-9H2,1H3,(H,24,33)(H,29,35)(H,36,37)(H2,26,27,30,34). The van der Waals surface area contributed by atoms with E-state index in [2.05, 4.69) is 36.3 Å². The second-order valence-electron chi connectivity index (χ2n) is 8.81. The number of aromatic nitrogens is 4. The summed E-state index contributed by atoms with van der Waals surface area (Å²) < 4.78 is 10.8. The van der Waals surface area contributed by atoms with Crippen molar-refractivity contribution in [3.63, 3.8) is 0 Å². The van der Waals surface area contributed by atoms with Crippen LogP contribution in [0.3, 0.4) is 0 Å². The highest BCUT2D eigenvalue weighted by Crippen LogP contribution is 2.38. The largest absolute Gasteiger partial charge is 0.494 e. The number of nitrogens with zero attached hydrogens (tertiary/aromatic N) is 4. The molecule has 1 aromatic carbocycles. The van der Waals surface area contributed by atoms with Crippen LogP contribution in [-0.4, -0.2) is 84.3 Å². The predicted molar refractivity (Wildman–Crippen MR) is 138 cm³/mol. The van der Waals surface area contributed by atoms with Gasteiger partial charge < -0.3 is 51.0 Å². The van der Waals surface area contributed by atoms with E-state index in [1.165, 1.54) is 18.5 Å². The van der Waals surface area contributed by atoms with E-state index in [1.54, 1.807) is 18.2 Å². The monoisotopic (exact) mass is 587 g/mol. The highest BCUT2D eigenvalue weighted by molar-refractivity contribution is 6.00. The Morgan fingerprint density at radius 2 is 1.86 bits per heavy atom. The van der Waals surface area contributed by atoms with E-state index in [0.717, 1.165) is 12.8 Å². The molecule has 9 N–H and O–H groups in total. The molecule has 0 saturated heterocycles. The lowest BCUT2D eigenvalue weighted by atomic mass is 10.1. The minimum atomic E-state index is -3.55. The van der Waals surface area contributed by atoms with E-state index >= 15 is 0 Å². The Kier molecular flexibility index (Phi) is 8.74. The third-order valence-corrected chi connectivity index (χ3v) is 5.52. The van der Waals surface area contributed by atoms with Gasteiger partial charge in [0, 0.05) is 12.0 Å². The summed E-state index contributed by atoms with van der Waals surface area (Å²) in [7, 11) is 1.34. The summed E-state index contributed by atoms with van der Waals surface area (Å²) in [5.74, 6) is -2.09. The Labute approximate surface area is 235 Å². The van der Waals surface area contributed by atoms with Gasteiger partial charge in [0.05, 0.1) is 37.1 Å². The van der Waals surface area contributed by atoms with Crippen LogP contribution in [0.25, 0.3) is 11.5 Å². The minimum absolute atomic E-state index is 0.00789. The molecule has 42 heavy (non-hydrogen) atoms. The van der Waals surface area contributed by atoms with E-state index in [-0.39, 0.29) is 58.6 Å². The van der Waals surface area contributed by atoms with Crippen molar-refractivity contribution in [2.24, 2.45) is 5.92 Å². The zero-order chi connectivity index (χ0) is 30.4. The molecule has 1 aliphatic carbocycles. The van der Waals surface area contributed by atoms with Gasteiger partial charge in [-0.15, -0.1) is 10.2 Å². The molecule has 3 aromatic rings. The average molecular weight is 588 g/mol. The molecule has 1 saturated carbocycles. The molecule has 19 heteroatoms. The molecule has 1 aliphatic rings. The number of benzene rings is 1. The molecule has 2 heterocycles. The number of carbonyl (C=O) groups is 4. The topological polar surface area (TPSA) is 283 Å². The fourth-order valence-electron chi connectivity index (χ4n) is 3.50. The number of amides is 4. The fourth-order valence-corrected chi connectivity index (χ4v) is 3.50. The van der Waals surface area contributed by atoms with Gasteiger partial charge in [-0.3, -0.25) is 19.7 Å². The van der Waals surface area contributed by atoms with Crippen LogP contribution < -0.4 is 31.3 Å². The van der Waals surface area contributed by atoms with Crippen LogP contribution in [0, 0.1) is 5.92 Å². The molecule has 0 atom stereocenters. The molecule has 222 valence electrons. The van der Waals surface area contributed by atoms with E-state index < -0.39 is 36.2 Å². The number of anilines is 3. The number of para-hydroxylation sites is 1. The summed E-state index contributed by atoms with van der Waals surface area (Å²) in [5.41, 5.74) is -0.0399. The van der Waals surface area contributed by atoms with E-state index in [1.807, 2.05) is 5.32 Å². The molecule has 0 aliphatic heterocycles. The zero-order valence-corrected chi connectivity index (χ0v) is 21.7. The quantitative estimate of drug-likeness (QED) is 0.113. The third kappa shape index (κ3) is 7.84. The first-order valence-corrected chi connectivity index (χ1v) is 12.1. The summed E-state index contributed by atoms with van der Waals surface area (Å²) in [6, 6.07) is 5.98. The van der Waals surface area contributed by atoms with Gasteiger partial charge in [-0.2, -0.15) is 4.98 Å². The first-order valence-electron chi connectivity index (χ1n) is 12.1. The molecule has 0 bridgehead atoms. The van der Waals surface area contributed by atoms with Crippen LogP contribution in [0.5, 0.6) is 5.75 Å². The van der Waals surface area contributed by atoms with Crippen molar-refractivity contribution < 1.29 is 48.9 Å². The normalized spacial score (nSPS) is 12.7. The number of methoxy groups -OCH3 is 1. The lowest BCUT2D eigenvalue weighted by Gasteiger charge is -2.18. The maximum atomic E-state index is 12.6. The summed E-state index contributed by atoms with van der Waals surface area (Å²) in [5, 5.41) is 58.9. The smallest absolute Gasteiger partial charge is 0.405 e. The molecule has 19 nitrogen and oxygen atoms in total. The Bertz CT molecular complexity index is 1500. The number of aliphatic hydroxyl groups is 3. The summed E-state index contributed by atoms with van der Waals surface area (Å²) in [6.07, 6.45) is -3.45. The highest BCUT2D eigenvalue weighted by atomic mass is 16.7. The SMILES string of the molecule is COc1c(Nc2cc(NC(=O)C3CC3)nnc2C(=O)NC(O)(O)O)cccc1-c1nc(CNC(=O)CNC(=O)O)no1. The van der Waals surface area contributed by atoms with Gasteiger partial charge in [-0.25, -0.2) is 4.79 Å². The average Bonchev–Trinajstić information content (AvgIpc) is 3.67. The van der Waals surface area contributed by atoms with Crippen molar-refractivity contribution >= 4 is 41.0 Å². The van der Waals surface area contributed by atoms with Gasteiger partial charge >= 0.3 is 12.2 Å². The summed E-state index contributed by atoms with van der Waals surface area (Å²) in [6.45, 7) is -0.629. The lowest BCUT2D eigenvalue weighted by Crippen LogP contribution is -2.48. The third-order valence-electron chi connectivity index (χ3n) is 5.52. The molecule has 0 unspecified atom stereocenters. The van der Waals surface area contributed by atoms with E-state index in [4.69, 9.17) is 14.4 Å². The molecule has 2 aromatic heterocycles. The van der Waals surface area contributed by atoms with Crippen LogP contribution >= 0.6 is 0 Å². The Balaban J connectivity index is 1.59. The number of hydrogen-bond donors (Lipinski definition) is 9. The van der Waals surface area contributed by atoms with Crippen LogP contribution in [0.15, 0.2) is 28.8 Å². The number of hydrogen-bond acceptors (Lipinski definition) is 14. The molecular formula is C23H25N9O10. The van der Waals surface area contributed by atoms with Crippen molar-refractivity contribution in [2.45, 2.75) is 25.5 Å². The lowest BCUT2D eigenvalue weighted by molar-refractivity contribution is -0.323. The Hall–Kier alpha value is -5.40. The fraction of sp³-hybridized carbons (Fsp3) is 0.304. The van der Waals surface area contributed by atoms with Crippen molar-refractivity contribution in [3.8, 4) is 17.2 Å². The summed E-state index contributed by atoms with van der Waals surface area (Å²) in [4.78, 5) is 51.3. The highest BCUT2D eigenvalue weighted by Gasteiger charge is 2.31. The number of rotatable bonds is 12. The molecular weight excluding hydrogens is 562 g/mol. The number of carbonyl (C=O) groups excluding carboxylic acids is 3. The Morgan fingerprint density at radius 1 is 1.10 bits per heavy atom. The van der Waals surface area contributed by atoms with Crippen molar-refractivity contribution in [3.05, 3.63) is 35.8 Å². The van der Waals surface area contributed by atoms with Crippen LogP contribution in [0.4, 0.5) is 22.0 Å². The van der Waals surface area contributed by atoms with Crippen molar-refractivity contribution in [2.75, 3.05) is 24.3 Å². The molecule has 4 amide bonds. The van der Waals surface area contributed by atoms with Crippen molar-refractivity contribution in [1.29, 1.82) is 0 Å². The molecule has 0 spiro atoms. The zero-order valence-electron chi connectivity index (χ0n) is 21.7. The first-order chi connectivity index (χ1) is 19.9. The van der Waals surface area contributed by atoms with Crippen LogP contribution in [-0.2, 0) is 16.1 Å². The maximum absolute atomic E-state index is 12.6. The minimum Gasteiger partial charge on any atom is -0.494 e. The number of carboxylic acid groups (broad SMARTS) is 1. The number of ether oxygens (including phenoxy) is 1. The van der Waals surface area contributed by atoms with Gasteiger partial charge in [0.2, 0.25) is 11.8 Å². The van der Waals surface area contributed by atoms with Gasteiger partial charge in [0.1, 0.15) is 0 Å². The van der Waals surface area contributed by atoms with Gasteiger partial charge in [-0.1, -0.05) is 11.2 Å². The van der Waals surface area contributed by atoms with Crippen molar-refractivity contribution in [1.82, 2.24) is 36.3 Å². The van der Waals surface area contributed by atoms with Crippen LogP contribution in [0.2, 0.25) is 0 Å². The second-order valence-corrected chi connectivity index (χ2v) is 8.81.